The summed E-state index contributed by atoms with van der Waals surface area (Å²) in [6.07, 6.45) is 0. The van der Waals surface area contributed by atoms with Crippen molar-refractivity contribution in [1.29, 1.82) is 0 Å². The summed E-state index contributed by atoms with van der Waals surface area (Å²) in [6, 6.07) is 46.4. The Hall–Kier alpha value is -11.9. The van der Waals surface area contributed by atoms with Crippen LogP contribution in [0.5, 0.6) is 0 Å². The van der Waals surface area contributed by atoms with Crippen LogP contribution in [0, 0.1) is 30.3 Å². The van der Waals surface area contributed by atoms with Crippen LogP contribution in [-0.2, 0) is 21.1 Å². The van der Waals surface area contributed by atoms with E-state index in [-0.39, 0.29) is 69.3 Å². The summed E-state index contributed by atoms with van der Waals surface area (Å²) in [7, 11) is 7.06. The molecule has 0 aliphatic rings. The molecule has 7 aromatic carbocycles. The maximum absolute atomic E-state index is 12.7. The standard InChI is InChI=1S/C18H13N5O3S.C18H15N5OS.C10H8N2O2S.C8H7N3O2.C8H10N2O2.HNO2.Na/c1-22-15-6-5-12(10-14(15)20-21-22)18(24)19-13-9-11(17-3-2-8-27-17)4-7-16(13)23(25)26;1-23-16-7-5-12(10-15(16)21-22-23)18(24)20-14-9-11(4-6-13(14)19)17-3-2-8-25-17;11-8-6-7(10-2-1-5-15-10)3-4-9(8)12(13)14;1-11-7-3-2-5(8(12)13)4-6(7)9-10-11;1-10-7-3-2-5(8(11)12)4-6(7)9;2-1-3;/h2-10H,1H3,(H,19,24);2-10H,19H2,1H3,(H,20,24);1-6H,11H2;2-4H,1H3,(H,12,13);2-4,10H,9H2,1H3,(H,11,12);(H,2,3);/q;;;;;;+1/p-1. The molecule has 0 unspecified atom stereocenters. The van der Waals surface area contributed by atoms with Gasteiger partial charge in [0.25, 0.3) is 23.2 Å². The van der Waals surface area contributed by atoms with E-state index in [9.17, 15) is 39.4 Å². The second kappa shape index (κ2) is 33.1. The maximum Gasteiger partial charge on any atom is 1.00 e. The van der Waals surface area contributed by atoms with Gasteiger partial charge in [-0.3, -0.25) is 29.8 Å². The molecule has 6 aromatic heterocycles. The number of nitro groups is 2. The van der Waals surface area contributed by atoms with E-state index in [1.54, 1.807) is 131 Å². The fourth-order valence-electron chi connectivity index (χ4n) is 8.82. The molecule has 0 aliphatic carbocycles. The molecule has 6 heterocycles. The van der Waals surface area contributed by atoms with Gasteiger partial charge in [0.05, 0.1) is 60.3 Å². The van der Waals surface area contributed by atoms with Crippen molar-refractivity contribution in [2.45, 2.75) is 0 Å². The van der Waals surface area contributed by atoms with Gasteiger partial charge in [-0.15, -0.1) is 54.6 Å². The average molecular weight is 1360 g/mol. The molecule has 0 spiro atoms. The number of aryl methyl sites for hydroxylation is 3. The van der Waals surface area contributed by atoms with Crippen molar-refractivity contribution in [1.82, 2.24) is 45.0 Å². The topological polar surface area (TPSA) is 454 Å². The van der Waals surface area contributed by atoms with Gasteiger partial charge >= 0.3 is 41.5 Å². The number of carboxylic acid groups (broad SMARTS) is 2. The van der Waals surface area contributed by atoms with Gasteiger partial charge in [-0.1, -0.05) is 39.9 Å². The summed E-state index contributed by atoms with van der Waals surface area (Å²) >= 11 is 4.73. The number of anilines is 6. The Balaban J connectivity index is 0.000000173. The van der Waals surface area contributed by atoms with Crippen LogP contribution < -0.4 is 62.7 Å². The van der Waals surface area contributed by atoms with E-state index < -0.39 is 27.7 Å². The van der Waals surface area contributed by atoms with Crippen LogP contribution in [0.4, 0.5) is 45.5 Å². The summed E-state index contributed by atoms with van der Waals surface area (Å²) in [5, 5.41) is 85.9. The molecule has 2 amide bonds. The van der Waals surface area contributed by atoms with Crippen LogP contribution in [0.15, 0.2) is 185 Å². The van der Waals surface area contributed by atoms with E-state index in [2.05, 4.69) is 46.9 Å². The summed E-state index contributed by atoms with van der Waals surface area (Å²) in [6.45, 7) is 0. The van der Waals surface area contributed by atoms with Gasteiger partial charge in [0, 0.05) is 66.1 Å². The number of aromatic nitrogens is 9. The number of hydrogen-bond donors (Lipinski definition) is 8. The summed E-state index contributed by atoms with van der Waals surface area (Å²) < 4.78 is 4.87. The number of thiophene rings is 3. The van der Waals surface area contributed by atoms with E-state index in [0.717, 1.165) is 58.9 Å². The molecular formula is C62H53N18NaO12S3. The first kappa shape index (κ1) is 71.6. The van der Waals surface area contributed by atoms with Gasteiger partial charge in [0.1, 0.15) is 27.9 Å². The Morgan fingerprint density at radius 2 is 0.854 bits per heavy atom. The number of carboxylic acids is 2. The fraction of sp³-hybridized carbons (Fsp3) is 0.0645. The van der Waals surface area contributed by atoms with E-state index in [4.69, 9.17) is 37.5 Å². The maximum atomic E-state index is 12.7. The second-order valence-electron chi connectivity index (χ2n) is 19.6. The van der Waals surface area contributed by atoms with Crippen molar-refractivity contribution in [3.05, 3.63) is 233 Å². The van der Waals surface area contributed by atoms with E-state index >= 15 is 0 Å². The first-order valence-electron chi connectivity index (χ1n) is 27.4. The second-order valence-corrected chi connectivity index (χ2v) is 22.5. The Morgan fingerprint density at radius 1 is 0.479 bits per heavy atom. The van der Waals surface area contributed by atoms with Crippen molar-refractivity contribution < 1.29 is 68.8 Å². The Labute approximate surface area is 576 Å². The molecule has 482 valence electrons. The molecule has 11 N–H and O–H groups in total. The molecule has 0 aliphatic heterocycles. The van der Waals surface area contributed by atoms with Crippen LogP contribution in [0.1, 0.15) is 41.4 Å². The predicted molar refractivity (Wildman–Crippen MR) is 366 cm³/mol. The number of hydrogen-bond acceptors (Lipinski definition) is 24. The van der Waals surface area contributed by atoms with Gasteiger partial charge in [0.2, 0.25) is 0 Å². The number of carbonyl (C=O) groups is 4. The number of amides is 2. The van der Waals surface area contributed by atoms with Crippen molar-refractivity contribution in [2.75, 3.05) is 40.2 Å². The van der Waals surface area contributed by atoms with Crippen LogP contribution in [0.25, 0.3) is 64.4 Å². The van der Waals surface area contributed by atoms with Crippen LogP contribution in [0.2, 0.25) is 0 Å². The number of rotatable bonds is 12. The number of fused-ring (bicyclic) bond motifs is 3. The number of nitro benzene ring substituents is 2. The van der Waals surface area contributed by atoms with Crippen LogP contribution in [-0.4, -0.2) is 95.8 Å². The molecule has 34 heteroatoms. The minimum absolute atomic E-state index is 0. The third-order valence-corrected chi connectivity index (χ3v) is 16.3. The number of nitrogens with one attached hydrogen (secondary N) is 3. The number of nitrogens with two attached hydrogens (primary N) is 3. The van der Waals surface area contributed by atoms with Gasteiger partial charge in [-0.05, 0) is 160 Å². The molecule has 30 nitrogen and oxygen atoms in total. The molecule has 0 bridgehead atoms. The minimum atomic E-state index is -0.968. The number of nitrogens with zero attached hydrogens (tertiary/aromatic N) is 12. The number of benzene rings is 7. The first-order chi connectivity index (χ1) is 45.6. The van der Waals surface area contributed by atoms with Crippen LogP contribution >= 0.6 is 34.0 Å². The van der Waals surface area contributed by atoms with Gasteiger partial charge < -0.3 is 53.5 Å². The number of aromatic carboxylic acids is 2. The zero-order valence-electron chi connectivity index (χ0n) is 51.1. The molecular weight excluding hydrogens is 1310 g/mol. The third-order valence-electron chi connectivity index (χ3n) is 13.6. The summed E-state index contributed by atoms with van der Waals surface area (Å²) in [5.41, 5.74) is 27.9. The predicted octanol–water partition coefficient (Wildman–Crippen LogP) is 9.22. The number of carbonyl (C=O) groups excluding carboxylic acids is 2. The molecule has 0 atom stereocenters. The quantitative estimate of drug-likeness (QED) is 0.0186. The van der Waals surface area contributed by atoms with Crippen molar-refractivity contribution in [3.63, 3.8) is 0 Å². The summed E-state index contributed by atoms with van der Waals surface area (Å²) in [5.74, 6) is -2.60. The van der Waals surface area contributed by atoms with E-state index in [1.807, 2.05) is 77.8 Å². The van der Waals surface area contributed by atoms with Crippen molar-refractivity contribution in [2.24, 2.45) is 26.5 Å². The molecule has 13 rings (SSSR count). The molecule has 13 aromatic rings. The Kier molecular flexibility index (Phi) is 24.7. The molecule has 0 radical (unpaired) electrons. The zero-order chi connectivity index (χ0) is 68.5. The molecule has 96 heavy (non-hydrogen) atoms. The van der Waals surface area contributed by atoms with E-state index in [0.29, 0.717) is 44.7 Å². The smallest absolute Gasteiger partial charge is 0.478 e. The number of nitrogen functional groups attached to an aromatic ring is 3. The van der Waals surface area contributed by atoms with Gasteiger partial charge in [-0.25, -0.2) is 23.6 Å². The van der Waals surface area contributed by atoms with E-state index in [1.165, 1.54) is 47.7 Å². The summed E-state index contributed by atoms with van der Waals surface area (Å²) in [4.78, 5) is 78.4. The van der Waals surface area contributed by atoms with Crippen LogP contribution in [0.3, 0.4) is 0 Å². The SMILES string of the molecule is CNc1ccc(C(=O)O)cc1N.Cn1nnc2cc(C(=O)Nc3cc(-c4cccs4)ccc3N)ccc21.Cn1nnc2cc(C(=O)Nc3cc(-c4cccs4)ccc3[N+](=O)[O-])ccc21.Cn1nnc2cc(C(=O)O)ccc21.Nc1cc(-c2cccs2)ccc1[N+](=O)[O-].O=N[O-].[Na+]. The van der Waals surface area contributed by atoms with Crippen molar-refractivity contribution in [3.8, 4) is 31.3 Å². The minimum Gasteiger partial charge on any atom is -0.478 e. The molecule has 0 fully saturated rings. The van der Waals surface area contributed by atoms with Gasteiger partial charge in [-0.2, -0.15) is 0 Å². The van der Waals surface area contributed by atoms with Gasteiger partial charge in [0.15, 0.2) is 0 Å². The van der Waals surface area contributed by atoms with Crippen molar-refractivity contribution >= 4 is 136 Å². The largest absolute Gasteiger partial charge is 1.00 e. The average Bonchev–Trinajstić information content (AvgIpc) is 1.66. The third kappa shape index (κ3) is 18.0. The molecule has 0 saturated heterocycles. The fourth-order valence-corrected chi connectivity index (χ4v) is 11.0. The monoisotopic (exact) mass is 1360 g/mol. The normalized spacial score (nSPS) is 10.2. The Morgan fingerprint density at radius 3 is 1.25 bits per heavy atom. The first-order valence-corrected chi connectivity index (χ1v) is 30.0. The Bertz CT molecular complexity index is 4930. The molecule has 0 saturated carbocycles. The zero-order valence-corrected chi connectivity index (χ0v) is 55.6.